The van der Waals surface area contributed by atoms with E-state index in [4.69, 9.17) is 9.47 Å². The van der Waals surface area contributed by atoms with Crippen LogP contribution >= 0.6 is 11.3 Å². The molecule has 0 radical (unpaired) electrons. The van der Waals surface area contributed by atoms with Crippen LogP contribution in [0.25, 0.3) is 0 Å². The smallest absolute Gasteiger partial charge is 0.262 e. The number of aromatic nitrogens is 1. The van der Waals surface area contributed by atoms with Crippen molar-refractivity contribution >= 4 is 22.9 Å². The second-order valence-corrected chi connectivity index (χ2v) is 10.8. The lowest BCUT2D eigenvalue weighted by atomic mass is 10.1. The third kappa shape index (κ3) is 13.8. The highest BCUT2D eigenvalue weighted by atomic mass is 79.9. The minimum Gasteiger partial charge on any atom is -1.00 e. The Morgan fingerprint density at radius 1 is 0.900 bits per heavy atom. The number of benzene rings is 2. The van der Waals surface area contributed by atoms with Gasteiger partial charge in [-0.25, -0.2) is 4.39 Å². The molecule has 0 fully saturated rings. The molecule has 3 aromatic rings. The van der Waals surface area contributed by atoms with Crippen molar-refractivity contribution in [2.24, 2.45) is 0 Å². The van der Waals surface area contributed by atoms with Gasteiger partial charge in [0.1, 0.15) is 5.75 Å². The van der Waals surface area contributed by atoms with Crippen molar-refractivity contribution in [3.63, 3.8) is 0 Å². The van der Waals surface area contributed by atoms with Crippen molar-refractivity contribution < 1.29 is 40.2 Å². The van der Waals surface area contributed by atoms with Crippen LogP contribution < -0.4 is 36.3 Å². The number of anilines is 1. The molecule has 3 rings (SSSR count). The fourth-order valence-corrected chi connectivity index (χ4v) is 5.07. The van der Waals surface area contributed by atoms with Gasteiger partial charge in [0.25, 0.3) is 5.91 Å². The molecule has 40 heavy (non-hydrogen) atoms. The topological polar surface area (TPSA) is 51.4 Å². The average molecular weight is 636 g/mol. The van der Waals surface area contributed by atoms with Gasteiger partial charge < -0.3 is 31.8 Å². The summed E-state index contributed by atoms with van der Waals surface area (Å²) in [7, 11) is 0. The molecule has 5 nitrogen and oxygen atoms in total. The van der Waals surface area contributed by atoms with Gasteiger partial charge >= 0.3 is 0 Å². The summed E-state index contributed by atoms with van der Waals surface area (Å²) in [6.07, 6.45) is 17.3. The number of halogens is 2. The summed E-state index contributed by atoms with van der Waals surface area (Å²) in [4.78, 5) is 12.4. The lowest BCUT2D eigenvalue weighted by Crippen LogP contribution is -3.00. The lowest BCUT2D eigenvalue weighted by Gasteiger charge is -2.11. The fourth-order valence-electron chi connectivity index (χ4n) is 4.47. The number of nitrogens with one attached hydrogen (secondary N) is 1. The molecule has 0 saturated carbocycles. The second-order valence-electron chi connectivity index (χ2n) is 10.1. The predicted octanol–water partition coefficient (Wildman–Crippen LogP) is 5.32. The van der Waals surface area contributed by atoms with E-state index in [1.54, 1.807) is 23.5 Å². The maximum atomic E-state index is 14.5. The molecule has 1 N–H and O–H groups in total. The minimum atomic E-state index is -0.481. The monoisotopic (exact) mass is 634 g/mol. The zero-order chi connectivity index (χ0) is 27.5. The predicted molar refractivity (Wildman–Crippen MR) is 157 cm³/mol. The zero-order valence-electron chi connectivity index (χ0n) is 23.7. The molecule has 2 aromatic carbocycles. The van der Waals surface area contributed by atoms with Crippen LogP contribution in [0, 0.1) is 5.82 Å². The molecular formula is C32H44BrFN2O3S. The van der Waals surface area contributed by atoms with E-state index in [0.717, 1.165) is 24.9 Å². The van der Waals surface area contributed by atoms with Gasteiger partial charge in [-0.1, -0.05) is 101 Å². The van der Waals surface area contributed by atoms with Crippen LogP contribution in [0.3, 0.4) is 0 Å². The van der Waals surface area contributed by atoms with E-state index in [9.17, 15) is 9.18 Å². The summed E-state index contributed by atoms with van der Waals surface area (Å²) in [5.74, 6) is -0.272. The first-order valence-corrected chi connectivity index (χ1v) is 15.4. The second kappa shape index (κ2) is 20.4. The van der Waals surface area contributed by atoms with Gasteiger partial charge in [0.2, 0.25) is 5.51 Å². The first-order valence-electron chi connectivity index (χ1n) is 14.5. The standard InChI is InChI=1S/C32H43FN2O3S.BrH/c1-2-3-4-5-6-7-8-9-10-11-12-13-20-37-31-18-17-29(23-30(31)33)38-25-32(36)34-28-16-14-15-27(22-28)24-35-19-21-39-26-35;/h14-19,21-23,26H,2-13,20,24-25H2,1H3;1H. The van der Waals surface area contributed by atoms with Gasteiger partial charge in [-0.3, -0.25) is 4.79 Å². The van der Waals surface area contributed by atoms with E-state index in [0.29, 0.717) is 18.0 Å². The Balaban J connectivity index is 0.00000560. The Morgan fingerprint density at radius 3 is 2.25 bits per heavy atom. The van der Waals surface area contributed by atoms with Gasteiger partial charge in [-0.2, -0.15) is 4.57 Å². The Kier molecular flexibility index (Phi) is 17.2. The molecule has 0 bridgehead atoms. The van der Waals surface area contributed by atoms with Gasteiger partial charge in [-0.05, 0) is 30.7 Å². The molecule has 0 atom stereocenters. The van der Waals surface area contributed by atoms with E-state index in [1.165, 1.54) is 70.3 Å². The highest BCUT2D eigenvalue weighted by molar-refractivity contribution is 7.07. The van der Waals surface area contributed by atoms with Crippen LogP contribution in [0.4, 0.5) is 10.1 Å². The van der Waals surface area contributed by atoms with Crippen LogP contribution in [0.15, 0.2) is 59.6 Å². The van der Waals surface area contributed by atoms with E-state index in [2.05, 4.69) is 16.8 Å². The van der Waals surface area contributed by atoms with Gasteiger partial charge in [0, 0.05) is 17.3 Å². The van der Waals surface area contributed by atoms with Crippen LogP contribution in [-0.4, -0.2) is 19.1 Å². The van der Waals surface area contributed by atoms with Crippen molar-refractivity contribution in [1.82, 2.24) is 0 Å². The van der Waals surface area contributed by atoms with E-state index in [-0.39, 0.29) is 35.2 Å². The molecule has 0 aliphatic rings. The Hall–Kier alpha value is -2.45. The highest BCUT2D eigenvalue weighted by Gasteiger charge is 2.10. The third-order valence-electron chi connectivity index (χ3n) is 6.63. The number of rotatable bonds is 20. The van der Waals surface area contributed by atoms with Crippen LogP contribution in [-0.2, 0) is 11.3 Å². The number of hydrogen-bond acceptors (Lipinski definition) is 4. The normalized spacial score (nSPS) is 10.7. The summed E-state index contributed by atoms with van der Waals surface area (Å²) < 4.78 is 27.7. The SMILES string of the molecule is CCCCCCCCCCCCCCOc1ccc(OCC(=O)Nc2cccc(C[n+]3ccsc3)c2)cc1F.[Br-]. The molecule has 0 spiro atoms. The molecule has 1 amide bonds. The van der Waals surface area contributed by atoms with Crippen molar-refractivity contribution in [2.75, 3.05) is 18.5 Å². The number of amides is 1. The van der Waals surface area contributed by atoms with Gasteiger partial charge in [0.15, 0.2) is 30.9 Å². The zero-order valence-corrected chi connectivity index (χ0v) is 26.1. The van der Waals surface area contributed by atoms with Crippen molar-refractivity contribution in [2.45, 2.75) is 90.5 Å². The molecular weight excluding hydrogens is 591 g/mol. The summed E-state index contributed by atoms with van der Waals surface area (Å²) >= 11 is 1.63. The number of ether oxygens (including phenoxy) is 2. The molecule has 0 aliphatic carbocycles. The van der Waals surface area contributed by atoms with Gasteiger partial charge in [-0.15, -0.1) is 0 Å². The minimum absolute atomic E-state index is 0. The number of carbonyl (C=O) groups is 1. The molecule has 220 valence electrons. The quantitative estimate of drug-likeness (QED) is 0.135. The fraction of sp³-hybridized carbons (Fsp3) is 0.500. The highest BCUT2D eigenvalue weighted by Crippen LogP contribution is 2.23. The van der Waals surface area contributed by atoms with Gasteiger partial charge in [0.05, 0.1) is 12.0 Å². The molecule has 0 aliphatic heterocycles. The average Bonchev–Trinajstić information content (AvgIpc) is 3.44. The third-order valence-corrected chi connectivity index (χ3v) is 7.30. The lowest BCUT2D eigenvalue weighted by molar-refractivity contribution is -0.683. The van der Waals surface area contributed by atoms with E-state index >= 15 is 0 Å². The van der Waals surface area contributed by atoms with E-state index < -0.39 is 5.82 Å². The molecule has 1 heterocycles. The largest absolute Gasteiger partial charge is 1.00 e. The Morgan fingerprint density at radius 2 is 1.60 bits per heavy atom. The summed E-state index contributed by atoms with van der Waals surface area (Å²) in [6.45, 7) is 3.28. The van der Waals surface area contributed by atoms with Crippen LogP contribution in [0.5, 0.6) is 11.5 Å². The number of hydrogen-bond donors (Lipinski definition) is 1. The van der Waals surface area contributed by atoms with Crippen LogP contribution in [0.2, 0.25) is 0 Å². The number of thiazole rings is 1. The molecule has 0 saturated heterocycles. The number of nitrogens with zero attached hydrogens (tertiary/aromatic N) is 1. The molecule has 8 heteroatoms. The number of unbranched alkanes of at least 4 members (excludes halogenated alkanes) is 11. The molecule has 0 unspecified atom stereocenters. The summed E-state index contributed by atoms with van der Waals surface area (Å²) in [5.41, 5.74) is 3.82. The van der Waals surface area contributed by atoms with Crippen molar-refractivity contribution in [1.29, 1.82) is 0 Å². The first kappa shape index (κ1) is 33.8. The van der Waals surface area contributed by atoms with Crippen LogP contribution in [0.1, 0.15) is 89.5 Å². The Bertz CT molecular complexity index is 1100. The van der Waals surface area contributed by atoms with Crippen molar-refractivity contribution in [3.05, 3.63) is 70.9 Å². The van der Waals surface area contributed by atoms with E-state index in [1.807, 2.05) is 41.4 Å². The summed E-state index contributed by atoms with van der Waals surface area (Å²) in [5, 5.41) is 4.86. The summed E-state index contributed by atoms with van der Waals surface area (Å²) in [6, 6.07) is 12.2. The van der Waals surface area contributed by atoms with Crippen molar-refractivity contribution in [3.8, 4) is 11.5 Å². The Labute approximate surface area is 253 Å². The molecule has 1 aromatic heterocycles. The number of carbonyl (C=O) groups excluding carboxylic acids is 1. The maximum Gasteiger partial charge on any atom is 0.262 e. The maximum absolute atomic E-state index is 14.5. The first-order chi connectivity index (χ1) is 19.1.